The van der Waals surface area contributed by atoms with Crippen molar-refractivity contribution in [2.75, 3.05) is 11.0 Å². The van der Waals surface area contributed by atoms with Crippen molar-refractivity contribution in [1.29, 1.82) is 0 Å². The highest BCUT2D eigenvalue weighted by molar-refractivity contribution is 7.93. The van der Waals surface area contributed by atoms with Crippen LogP contribution in [-0.4, -0.2) is 28.1 Å². The van der Waals surface area contributed by atoms with Gasteiger partial charge in [-0.05, 0) is 52.6 Å². The quantitative estimate of drug-likeness (QED) is 0.443. The Morgan fingerprint density at radius 2 is 1.41 bits per heavy atom. The molecule has 0 atom stereocenters. The molecule has 1 aromatic heterocycles. The molecule has 1 heterocycles. The first-order valence-corrected chi connectivity index (χ1v) is 14.7. The van der Waals surface area contributed by atoms with Crippen LogP contribution >= 0.6 is 11.3 Å². The van der Waals surface area contributed by atoms with Gasteiger partial charge in [0.15, 0.2) is 15.0 Å². The molecule has 9 heteroatoms. The number of nitrogens with zero attached hydrogens (tertiary/aromatic N) is 1. The van der Waals surface area contributed by atoms with Crippen molar-refractivity contribution >= 4 is 46.5 Å². The Morgan fingerprint density at radius 3 is 1.88 bits per heavy atom. The van der Waals surface area contributed by atoms with Crippen molar-refractivity contribution in [2.45, 2.75) is 69.1 Å². The molecule has 0 amide bonds. The summed E-state index contributed by atoms with van der Waals surface area (Å²) in [6.07, 6.45) is 1.14. The average molecular weight is 495 g/mol. The maximum Gasteiger partial charge on any atom is 0.264 e. The predicted octanol–water partition coefficient (Wildman–Crippen LogP) is 5.87. The average Bonchev–Trinajstić information content (AvgIpc) is 3.06. The lowest BCUT2D eigenvalue weighted by Crippen LogP contribution is -2.19. The van der Waals surface area contributed by atoms with Gasteiger partial charge in [-0.15, -0.1) is 0 Å². The first kappa shape index (κ1) is 24.7. The molecule has 6 nitrogen and oxygen atoms in total. The number of nitrogens with one attached hydrogen (secondary N) is 1. The molecule has 0 aliphatic heterocycles. The minimum atomic E-state index is -3.91. The van der Waals surface area contributed by atoms with Crippen LogP contribution in [0.4, 0.5) is 5.13 Å². The van der Waals surface area contributed by atoms with E-state index in [1.807, 2.05) is 39.8 Å². The molecular weight excluding hydrogens is 464 g/mol. The molecule has 3 aromatic rings. The molecule has 0 saturated carbocycles. The van der Waals surface area contributed by atoms with Gasteiger partial charge in [0, 0.05) is 6.26 Å². The number of hydrogen-bond acceptors (Lipinski definition) is 6. The highest BCUT2D eigenvalue weighted by atomic mass is 32.2. The minimum absolute atomic E-state index is 0.0189. The molecule has 2 aromatic carbocycles. The number of sulfone groups is 1. The van der Waals surface area contributed by atoms with Crippen molar-refractivity contribution in [1.82, 2.24) is 4.98 Å². The molecule has 174 valence electrons. The Morgan fingerprint density at radius 1 is 0.844 bits per heavy atom. The summed E-state index contributed by atoms with van der Waals surface area (Å²) in [4.78, 5) is 4.86. The van der Waals surface area contributed by atoms with E-state index >= 15 is 0 Å². The second-order valence-corrected chi connectivity index (χ2v) is 13.7. The first-order valence-electron chi connectivity index (χ1n) is 10.5. The zero-order chi connectivity index (χ0) is 24.0. The maximum absolute atomic E-state index is 13.6. The van der Waals surface area contributed by atoms with Gasteiger partial charge < -0.3 is 0 Å². The lowest BCUT2D eigenvalue weighted by Gasteiger charge is -2.22. The van der Waals surface area contributed by atoms with E-state index < -0.39 is 19.9 Å². The van der Waals surface area contributed by atoms with Gasteiger partial charge in [0.1, 0.15) is 0 Å². The molecule has 0 radical (unpaired) electrons. The number of sulfonamides is 1. The Balaban J connectivity index is 2.14. The lowest BCUT2D eigenvalue weighted by atomic mass is 9.89. The van der Waals surface area contributed by atoms with Gasteiger partial charge in [0.05, 0.1) is 20.0 Å². The summed E-state index contributed by atoms with van der Waals surface area (Å²) in [7, 11) is -7.28. The lowest BCUT2D eigenvalue weighted by molar-refractivity contribution is 0.595. The highest BCUT2D eigenvalue weighted by Crippen LogP contribution is 2.37. The fraction of sp³-hybridized carbons (Fsp3) is 0.435. The van der Waals surface area contributed by atoms with Gasteiger partial charge in [0.2, 0.25) is 0 Å². The Kier molecular flexibility index (Phi) is 6.75. The van der Waals surface area contributed by atoms with Crippen LogP contribution in [0.15, 0.2) is 40.1 Å². The number of fused-ring (bicyclic) bond motifs is 1. The third kappa shape index (κ3) is 5.00. The predicted molar refractivity (Wildman–Crippen MR) is 132 cm³/mol. The van der Waals surface area contributed by atoms with Crippen molar-refractivity contribution in [3.8, 4) is 0 Å². The number of rotatable bonds is 7. The second-order valence-electron chi connectivity index (χ2n) is 9.02. The third-order valence-corrected chi connectivity index (χ3v) is 9.00. The van der Waals surface area contributed by atoms with Gasteiger partial charge >= 0.3 is 0 Å². The Bertz CT molecular complexity index is 1340. The van der Waals surface area contributed by atoms with E-state index in [0.29, 0.717) is 15.1 Å². The normalized spacial score (nSPS) is 12.9. The van der Waals surface area contributed by atoms with Gasteiger partial charge in [-0.3, -0.25) is 4.72 Å². The Hall–Kier alpha value is -1.97. The van der Waals surface area contributed by atoms with E-state index in [2.05, 4.69) is 23.6 Å². The molecule has 0 aliphatic carbocycles. The second kappa shape index (κ2) is 8.76. The minimum Gasteiger partial charge on any atom is -0.255 e. The van der Waals surface area contributed by atoms with E-state index in [0.717, 1.165) is 34.3 Å². The van der Waals surface area contributed by atoms with Crippen LogP contribution in [0.5, 0.6) is 0 Å². The first-order chi connectivity index (χ1) is 14.7. The van der Waals surface area contributed by atoms with E-state index in [4.69, 9.17) is 0 Å². The van der Waals surface area contributed by atoms with Crippen LogP contribution < -0.4 is 4.72 Å². The molecule has 0 fully saturated rings. The van der Waals surface area contributed by atoms with E-state index in [1.54, 1.807) is 6.07 Å². The molecule has 1 N–H and O–H groups in total. The van der Waals surface area contributed by atoms with Gasteiger partial charge in [-0.2, -0.15) is 0 Å². The number of aromatic nitrogens is 1. The van der Waals surface area contributed by atoms with Gasteiger partial charge in [-0.1, -0.05) is 65.0 Å². The van der Waals surface area contributed by atoms with Crippen molar-refractivity contribution in [2.24, 2.45) is 0 Å². The smallest absolute Gasteiger partial charge is 0.255 e. The van der Waals surface area contributed by atoms with Crippen LogP contribution in [0.25, 0.3) is 10.2 Å². The summed E-state index contributed by atoms with van der Waals surface area (Å²) < 4.78 is 54.1. The fourth-order valence-electron chi connectivity index (χ4n) is 3.55. The fourth-order valence-corrected chi connectivity index (χ4v) is 7.11. The highest BCUT2D eigenvalue weighted by Gasteiger charge is 2.28. The van der Waals surface area contributed by atoms with Crippen LogP contribution in [0.2, 0.25) is 0 Å². The van der Waals surface area contributed by atoms with Gasteiger partial charge in [-0.25, -0.2) is 21.8 Å². The monoisotopic (exact) mass is 494 g/mol. The number of thiazole rings is 1. The standard InChI is InChI=1S/C23H30N2O4S3/c1-13(2)16-10-18(14(3)4)22(19(11-16)15(5)6)32(28,29)25-23-24-20-9-8-17(31(7,26)27)12-21(20)30-23/h8-15H,1-7H3,(H,24,25). The topological polar surface area (TPSA) is 93.2 Å². The summed E-state index contributed by atoms with van der Waals surface area (Å²) in [5, 5.41) is 0.211. The zero-order valence-electron chi connectivity index (χ0n) is 19.4. The van der Waals surface area contributed by atoms with Crippen molar-refractivity contribution in [3.63, 3.8) is 0 Å². The number of hydrogen-bond donors (Lipinski definition) is 1. The van der Waals surface area contributed by atoms with E-state index in [1.165, 1.54) is 12.1 Å². The van der Waals surface area contributed by atoms with Crippen LogP contribution in [0.1, 0.15) is 76.0 Å². The van der Waals surface area contributed by atoms with Crippen LogP contribution in [-0.2, 0) is 19.9 Å². The largest absolute Gasteiger partial charge is 0.264 e. The van der Waals surface area contributed by atoms with Crippen molar-refractivity contribution in [3.05, 3.63) is 47.0 Å². The number of anilines is 1. The molecule has 3 rings (SSSR count). The van der Waals surface area contributed by atoms with Crippen LogP contribution in [0, 0.1) is 0 Å². The van der Waals surface area contributed by atoms with E-state index in [9.17, 15) is 16.8 Å². The zero-order valence-corrected chi connectivity index (χ0v) is 21.9. The molecule has 0 saturated heterocycles. The summed E-state index contributed by atoms with van der Waals surface area (Å²) in [5.74, 6) is 0.318. The SMILES string of the molecule is CC(C)c1cc(C(C)C)c(S(=O)(=O)Nc2nc3ccc(S(C)(=O)=O)cc3s2)c(C(C)C)c1. The number of benzene rings is 2. The maximum atomic E-state index is 13.6. The summed E-state index contributed by atoms with van der Waals surface area (Å²) in [6, 6.07) is 8.58. The molecule has 0 aliphatic rings. The molecule has 32 heavy (non-hydrogen) atoms. The molecule has 0 bridgehead atoms. The summed E-state index contributed by atoms with van der Waals surface area (Å²) in [6.45, 7) is 12.2. The third-order valence-electron chi connectivity index (χ3n) is 5.36. The summed E-state index contributed by atoms with van der Waals surface area (Å²) in [5.41, 5.74) is 3.23. The van der Waals surface area contributed by atoms with Crippen LogP contribution in [0.3, 0.4) is 0 Å². The van der Waals surface area contributed by atoms with E-state index in [-0.39, 0.29) is 27.8 Å². The summed E-state index contributed by atoms with van der Waals surface area (Å²) >= 11 is 1.12. The molecule has 0 unspecified atom stereocenters. The Labute approximate surface area is 195 Å². The van der Waals surface area contributed by atoms with Crippen molar-refractivity contribution < 1.29 is 16.8 Å². The van der Waals surface area contributed by atoms with Gasteiger partial charge in [0.25, 0.3) is 10.0 Å². The molecular formula is C23H30N2O4S3. The molecule has 0 spiro atoms.